The molecule has 3 heterocycles. The molecule has 1 fully saturated rings. The van der Waals surface area contributed by atoms with Crippen molar-refractivity contribution in [2.45, 2.75) is 25.8 Å². The van der Waals surface area contributed by atoms with Gasteiger partial charge >= 0.3 is 0 Å². The summed E-state index contributed by atoms with van der Waals surface area (Å²) in [5.41, 5.74) is 2.08. The second-order valence-electron chi connectivity index (χ2n) is 4.85. The molecule has 0 aromatic carbocycles. The van der Waals surface area contributed by atoms with Crippen LogP contribution in [0.25, 0.3) is 0 Å². The topological polar surface area (TPSA) is 71.9 Å². The van der Waals surface area contributed by atoms with E-state index in [1.165, 1.54) is 0 Å². The average Bonchev–Trinajstić information content (AvgIpc) is 2.97. The first kappa shape index (κ1) is 12.7. The molecule has 6 heteroatoms. The Morgan fingerprint density at radius 2 is 2.30 bits per heavy atom. The van der Waals surface area contributed by atoms with E-state index in [0.717, 1.165) is 30.8 Å². The van der Waals surface area contributed by atoms with Gasteiger partial charge in [-0.15, -0.1) is 5.10 Å². The number of rotatable bonds is 2. The number of aryl methyl sites for hydroxylation is 1. The van der Waals surface area contributed by atoms with E-state index in [1.54, 1.807) is 30.7 Å². The lowest BCUT2D eigenvalue weighted by molar-refractivity contribution is 0.0725. The van der Waals surface area contributed by atoms with Crippen molar-refractivity contribution in [1.29, 1.82) is 0 Å². The smallest absolute Gasteiger partial charge is 0.274 e. The lowest BCUT2D eigenvalue weighted by atomic mass is 10.1. The fourth-order valence-electron chi connectivity index (χ4n) is 2.52. The Morgan fingerprint density at radius 1 is 1.40 bits per heavy atom. The molecule has 20 heavy (non-hydrogen) atoms. The lowest BCUT2D eigenvalue weighted by Gasteiger charge is -2.23. The SMILES string of the molecule is Cc1cncc(C2CCCN2C(=O)c2cccnn2)n1. The van der Waals surface area contributed by atoms with Gasteiger partial charge in [0, 0.05) is 18.9 Å². The number of carbonyl (C=O) groups is 1. The van der Waals surface area contributed by atoms with E-state index in [1.807, 2.05) is 11.8 Å². The maximum absolute atomic E-state index is 12.5. The van der Waals surface area contributed by atoms with Crippen molar-refractivity contribution in [3.8, 4) is 0 Å². The molecule has 0 aliphatic carbocycles. The average molecular weight is 269 g/mol. The van der Waals surface area contributed by atoms with Gasteiger partial charge < -0.3 is 4.90 Å². The molecule has 0 radical (unpaired) electrons. The lowest BCUT2D eigenvalue weighted by Crippen LogP contribution is -2.31. The largest absolute Gasteiger partial charge is 0.329 e. The van der Waals surface area contributed by atoms with E-state index in [0.29, 0.717) is 5.69 Å². The summed E-state index contributed by atoms with van der Waals surface area (Å²) in [7, 11) is 0. The van der Waals surface area contributed by atoms with E-state index in [-0.39, 0.29) is 11.9 Å². The Balaban J connectivity index is 1.88. The maximum Gasteiger partial charge on any atom is 0.274 e. The van der Waals surface area contributed by atoms with Crippen molar-refractivity contribution in [2.75, 3.05) is 6.54 Å². The van der Waals surface area contributed by atoms with E-state index in [9.17, 15) is 4.79 Å². The fraction of sp³-hybridized carbons (Fsp3) is 0.357. The Morgan fingerprint density at radius 3 is 3.05 bits per heavy atom. The van der Waals surface area contributed by atoms with Gasteiger partial charge in [-0.1, -0.05) is 0 Å². The van der Waals surface area contributed by atoms with Crippen molar-refractivity contribution in [3.63, 3.8) is 0 Å². The number of nitrogens with zero attached hydrogens (tertiary/aromatic N) is 5. The Hall–Kier alpha value is -2.37. The number of hydrogen-bond acceptors (Lipinski definition) is 5. The molecule has 1 amide bonds. The predicted octanol–water partition coefficient (Wildman–Crippen LogP) is 1.55. The Kier molecular flexibility index (Phi) is 3.37. The molecule has 2 aromatic rings. The minimum atomic E-state index is -0.0936. The van der Waals surface area contributed by atoms with Crippen LogP contribution in [-0.4, -0.2) is 37.5 Å². The van der Waals surface area contributed by atoms with E-state index in [2.05, 4.69) is 20.2 Å². The summed E-state index contributed by atoms with van der Waals surface area (Å²) in [6, 6.07) is 3.39. The van der Waals surface area contributed by atoms with Crippen LogP contribution in [-0.2, 0) is 0 Å². The van der Waals surface area contributed by atoms with Crippen LogP contribution < -0.4 is 0 Å². The molecule has 0 bridgehead atoms. The highest BCUT2D eigenvalue weighted by Crippen LogP contribution is 2.31. The summed E-state index contributed by atoms with van der Waals surface area (Å²) in [6.45, 7) is 2.62. The molecule has 3 rings (SSSR count). The second-order valence-corrected chi connectivity index (χ2v) is 4.85. The molecular formula is C14H15N5O. The maximum atomic E-state index is 12.5. The van der Waals surface area contributed by atoms with Crippen LogP contribution in [0.5, 0.6) is 0 Å². The fourth-order valence-corrected chi connectivity index (χ4v) is 2.52. The molecule has 1 aliphatic rings. The van der Waals surface area contributed by atoms with E-state index >= 15 is 0 Å². The molecule has 0 N–H and O–H groups in total. The highest BCUT2D eigenvalue weighted by molar-refractivity contribution is 5.92. The molecule has 1 saturated heterocycles. The number of aromatic nitrogens is 4. The molecule has 6 nitrogen and oxygen atoms in total. The zero-order valence-electron chi connectivity index (χ0n) is 11.2. The van der Waals surface area contributed by atoms with Gasteiger partial charge in [0.2, 0.25) is 0 Å². The third-order valence-electron chi connectivity index (χ3n) is 3.42. The van der Waals surface area contributed by atoms with Crippen LogP contribution >= 0.6 is 0 Å². The normalized spacial score (nSPS) is 18.2. The summed E-state index contributed by atoms with van der Waals surface area (Å²) in [4.78, 5) is 23.0. The van der Waals surface area contributed by atoms with Gasteiger partial charge in [-0.3, -0.25) is 14.8 Å². The minimum absolute atomic E-state index is 0.0168. The van der Waals surface area contributed by atoms with Crippen LogP contribution in [0.1, 0.15) is 40.8 Å². The van der Waals surface area contributed by atoms with E-state index < -0.39 is 0 Å². The third kappa shape index (κ3) is 2.36. The summed E-state index contributed by atoms with van der Waals surface area (Å²) < 4.78 is 0. The monoisotopic (exact) mass is 269 g/mol. The Labute approximate surface area is 116 Å². The number of amides is 1. The minimum Gasteiger partial charge on any atom is -0.329 e. The third-order valence-corrected chi connectivity index (χ3v) is 3.42. The summed E-state index contributed by atoms with van der Waals surface area (Å²) in [6.07, 6.45) is 6.88. The molecule has 1 aliphatic heterocycles. The number of hydrogen-bond donors (Lipinski definition) is 0. The van der Waals surface area contributed by atoms with Gasteiger partial charge in [-0.2, -0.15) is 5.10 Å². The van der Waals surface area contributed by atoms with Crippen LogP contribution in [0.4, 0.5) is 0 Å². The summed E-state index contributed by atoms with van der Waals surface area (Å²) in [5, 5.41) is 7.66. The van der Waals surface area contributed by atoms with Crippen LogP contribution in [0.2, 0.25) is 0 Å². The summed E-state index contributed by atoms with van der Waals surface area (Å²) >= 11 is 0. The van der Waals surface area contributed by atoms with E-state index in [4.69, 9.17) is 0 Å². The van der Waals surface area contributed by atoms with Crippen LogP contribution in [0.15, 0.2) is 30.7 Å². The van der Waals surface area contributed by atoms with Gasteiger partial charge in [0.25, 0.3) is 5.91 Å². The van der Waals surface area contributed by atoms with Gasteiger partial charge in [-0.25, -0.2) is 0 Å². The van der Waals surface area contributed by atoms with Crippen LogP contribution in [0, 0.1) is 6.92 Å². The molecular weight excluding hydrogens is 254 g/mol. The van der Waals surface area contributed by atoms with Crippen molar-refractivity contribution < 1.29 is 4.79 Å². The van der Waals surface area contributed by atoms with Crippen molar-refractivity contribution >= 4 is 5.91 Å². The van der Waals surface area contributed by atoms with Gasteiger partial charge in [0.05, 0.1) is 23.6 Å². The molecule has 1 unspecified atom stereocenters. The second kappa shape index (κ2) is 5.32. The van der Waals surface area contributed by atoms with Crippen molar-refractivity contribution in [3.05, 3.63) is 47.8 Å². The predicted molar refractivity (Wildman–Crippen MR) is 71.8 cm³/mol. The highest BCUT2D eigenvalue weighted by Gasteiger charge is 2.32. The zero-order chi connectivity index (χ0) is 13.9. The molecule has 1 atom stereocenters. The highest BCUT2D eigenvalue weighted by atomic mass is 16.2. The van der Waals surface area contributed by atoms with Crippen molar-refractivity contribution in [1.82, 2.24) is 25.1 Å². The van der Waals surface area contributed by atoms with Crippen LogP contribution in [0.3, 0.4) is 0 Å². The standard InChI is InChI=1S/C14H15N5O/c1-10-8-15-9-12(17-10)13-5-3-7-19(13)14(20)11-4-2-6-16-18-11/h2,4,6,8-9,13H,3,5,7H2,1H3. The van der Waals surface area contributed by atoms with Gasteiger partial charge in [-0.05, 0) is 31.9 Å². The molecule has 2 aromatic heterocycles. The number of carbonyl (C=O) groups excluding carboxylic acids is 1. The van der Waals surface area contributed by atoms with Crippen molar-refractivity contribution in [2.24, 2.45) is 0 Å². The summed E-state index contributed by atoms with van der Waals surface area (Å²) in [5.74, 6) is -0.0936. The van der Waals surface area contributed by atoms with Gasteiger partial charge in [0.15, 0.2) is 5.69 Å². The Bertz CT molecular complexity index is 616. The first-order chi connectivity index (χ1) is 9.75. The molecule has 0 saturated carbocycles. The quantitative estimate of drug-likeness (QED) is 0.827. The van der Waals surface area contributed by atoms with Gasteiger partial charge in [0.1, 0.15) is 0 Å². The molecule has 102 valence electrons. The number of likely N-dealkylation sites (tertiary alicyclic amines) is 1. The molecule has 0 spiro atoms. The first-order valence-electron chi connectivity index (χ1n) is 6.63. The first-order valence-corrected chi connectivity index (χ1v) is 6.63. The zero-order valence-corrected chi connectivity index (χ0v) is 11.2.